The van der Waals surface area contributed by atoms with Crippen LogP contribution < -0.4 is 21.1 Å². The number of carbonyl (C=O) groups is 1. The maximum Gasteiger partial charge on any atom is 0.408 e. The van der Waals surface area contributed by atoms with Gasteiger partial charge in [0.15, 0.2) is 5.96 Å². The fraction of sp³-hybridized carbons (Fsp3) is 0.857. The van der Waals surface area contributed by atoms with Gasteiger partial charge in [-0.15, -0.1) is 24.0 Å². The van der Waals surface area contributed by atoms with Crippen LogP contribution in [0.4, 0.5) is 4.79 Å². The summed E-state index contributed by atoms with van der Waals surface area (Å²) < 4.78 is 27.1. The first-order valence-corrected chi connectivity index (χ1v) is 9.49. The van der Waals surface area contributed by atoms with Gasteiger partial charge in [0, 0.05) is 13.1 Å². The van der Waals surface area contributed by atoms with E-state index in [-0.39, 0.29) is 42.8 Å². The molecule has 0 aliphatic heterocycles. The molecule has 5 N–H and O–H groups in total. The summed E-state index contributed by atoms with van der Waals surface area (Å²) in [6.45, 7) is 11.9. The van der Waals surface area contributed by atoms with Crippen molar-refractivity contribution in [2.45, 2.75) is 52.7 Å². The normalized spacial score (nSPS) is 12.8. The lowest BCUT2D eigenvalue weighted by atomic mass is 10.1. The van der Waals surface area contributed by atoms with E-state index < -0.39 is 27.3 Å². The van der Waals surface area contributed by atoms with Crippen LogP contribution in [-0.2, 0) is 14.8 Å². The largest absolute Gasteiger partial charge is 0.444 e. The number of hydrogen-bond acceptors (Lipinski definition) is 5. The van der Waals surface area contributed by atoms with Crippen molar-refractivity contribution in [2.75, 3.05) is 25.4 Å². The van der Waals surface area contributed by atoms with Gasteiger partial charge in [-0.1, -0.05) is 0 Å². The summed E-state index contributed by atoms with van der Waals surface area (Å²) >= 11 is 0. The van der Waals surface area contributed by atoms with Gasteiger partial charge in [-0.05, 0) is 41.5 Å². The number of nitrogens with one attached hydrogen (secondary N) is 3. The van der Waals surface area contributed by atoms with Crippen LogP contribution in [0.15, 0.2) is 4.99 Å². The third-order valence-electron chi connectivity index (χ3n) is 2.50. The van der Waals surface area contributed by atoms with Crippen molar-refractivity contribution in [1.82, 2.24) is 16.0 Å². The number of rotatable bonds is 7. The van der Waals surface area contributed by atoms with Crippen molar-refractivity contribution in [3.63, 3.8) is 0 Å². The highest BCUT2D eigenvalue weighted by Gasteiger charge is 2.24. The second-order valence-electron chi connectivity index (χ2n) is 7.00. The number of carbonyl (C=O) groups excluding carboxylic acids is 1. The first-order chi connectivity index (χ1) is 10.7. The van der Waals surface area contributed by atoms with Gasteiger partial charge in [-0.25, -0.2) is 18.4 Å². The van der Waals surface area contributed by atoms with Crippen molar-refractivity contribution in [3.05, 3.63) is 0 Å². The molecule has 0 aromatic rings. The molecule has 0 heterocycles. The number of aliphatic imine (C=N–C) groups is 1. The molecule has 0 aliphatic rings. The van der Waals surface area contributed by atoms with Gasteiger partial charge in [0.1, 0.15) is 5.60 Å². The molecule has 0 aromatic heterocycles. The highest BCUT2D eigenvalue weighted by atomic mass is 127. The summed E-state index contributed by atoms with van der Waals surface area (Å²) in [5.41, 5.74) is -1.21. The molecule has 0 bridgehead atoms. The Bertz CT molecular complexity index is 544. The van der Waals surface area contributed by atoms with Crippen LogP contribution in [0.1, 0.15) is 41.5 Å². The van der Waals surface area contributed by atoms with Crippen LogP contribution in [0.3, 0.4) is 0 Å². The molecule has 11 heteroatoms. The van der Waals surface area contributed by atoms with Gasteiger partial charge in [0.2, 0.25) is 10.0 Å². The average Bonchev–Trinajstić information content (AvgIpc) is 2.31. The maximum absolute atomic E-state index is 11.8. The Morgan fingerprint density at radius 2 is 1.72 bits per heavy atom. The molecule has 0 saturated carbocycles. The van der Waals surface area contributed by atoms with Crippen LogP contribution in [-0.4, -0.2) is 57.0 Å². The van der Waals surface area contributed by atoms with Gasteiger partial charge < -0.3 is 20.7 Å². The minimum Gasteiger partial charge on any atom is -0.444 e. The molecular formula is C14H32IN5O4S. The van der Waals surface area contributed by atoms with Crippen LogP contribution in [0, 0.1) is 0 Å². The van der Waals surface area contributed by atoms with Gasteiger partial charge in [0.25, 0.3) is 0 Å². The van der Waals surface area contributed by atoms with Gasteiger partial charge in [-0.3, -0.25) is 4.99 Å². The number of guanidine groups is 1. The SMILES string of the molecule is CCNC(=NCC(C)(C)NC(=O)OC(C)(C)C)NCCS(N)(=O)=O.I. The molecule has 25 heavy (non-hydrogen) atoms. The van der Waals surface area contributed by atoms with Crippen LogP contribution >= 0.6 is 24.0 Å². The Morgan fingerprint density at radius 1 is 1.16 bits per heavy atom. The first-order valence-electron chi connectivity index (χ1n) is 7.78. The zero-order valence-electron chi connectivity index (χ0n) is 15.8. The Kier molecular flexibility index (Phi) is 11.6. The van der Waals surface area contributed by atoms with E-state index in [1.165, 1.54) is 0 Å². The van der Waals surface area contributed by atoms with E-state index in [4.69, 9.17) is 9.88 Å². The number of primary sulfonamides is 1. The third-order valence-corrected chi connectivity index (χ3v) is 3.27. The number of ether oxygens (including phenoxy) is 1. The molecule has 0 unspecified atom stereocenters. The lowest BCUT2D eigenvalue weighted by Crippen LogP contribution is -2.49. The summed E-state index contributed by atoms with van der Waals surface area (Å²) in [7, 11) is -3.53. The van der Waals surface area contributed by atoms with E-state index >= 15 is 0 Å². The van der Waals surface area contributed by atoms with Crippen molar-refractivity contribution < 1.29 is 17.9 Å². The Labute approximate surface area is 168 Å². The van der Waals surface area contributed by atoms with Crippen molar-refractivity contribution in [3.8, 4) is 0 Å². The minimum absolute atomic E-state index is 0. The number of sulfonamides is 1. The molecule has 0 atom stereocenters. The lowest BCUT2D eigenvalue weighted by molar-refractivity contribution is 0.0476. The summed E-state index contributed by atoms with van der Waals surface area (Å²) in [6, 6.07) is 0. The Hall–Kier alpha value is -0.820. The standard InChI is InChI=1S/C14H31N5O4S.HI/c1-7-16-11(17-8-9-24(15,21)22)18-10-14(5,6)19-12(20)23-13(2,3)4;/h7-10H2,1-6H3,(H,19,20)(H2,15,21,22)(H2,16,17,18);1H. The molecule has 150 valence electrons. The molecule has 0 rings (SSSR count). The Balaban J connectivity index is 0. The predicted molar refractivity (Wildman–Crippen MR) is 111 cm³/mol. The highest BCUT2D eigenvalue weighted by Crippen LogP contribution is 2.09. The quantitative estimate of drug-likeness (QED) is 0.235. The highest BCUT2D eigenvalue weighted by molar-refractivity contribution is 14.0. The smallest absolute Gasteiger partial charge is 0.408 e. The average molecular weight is 493 g/mol. The van der Waals surface area contributed by atoms with Crippen molar-refractivity contribution >= 4 is 46.1 Å². The van der Waals surface area contributed by atoms with Crippen molar-refractivity contribution in [2.24, 2.45) is 10.1 Å². The Morgan fingerprint density at radius 3 is 2.16 bits per heavy atom. The third kappa shape index (κ3) is 16.4. The zero-order chi connectivity index (χ0) is 19.0. The van der Waals surface area contributed by atoms with E-state index in [1.54, 1.807) is 20.8 Å². The molecule has 0 fully saturated rings. The zero-order valence-corrected chi connectivity index (χ0v) is 18.9. The number of alkyl carbamates (subject to hydrolysis) is 1. The second-order valence-corrected chi connectivity index (χ2v) is 8.73. The first kappa shape index (κ1) is 26.4. The summed E-state index contributed by atoms with van der Waals surface area (Å²) in [5.74, 6) is 0.247. The molecule has 0 saturated heterocycles. The van der Waals surface area contributed by atoms with E-state index in [9.17, 15) is 13.2 Å². The summed E-state index contributed by atoms with van der Waals surface area (Å²) in [5, 5.41) is 13.6. The monoisotopic (exact) mass is 493 g/mol. The fourth-order valence-electron chi connectivity index (χ4n) is 1.55. The van der Waals surface area contributed by atoms with Crippen LogP contribution in [0.5, 0.6) is 0 Å². The molecule has 0 radical (unpaired) electrons. The van der Waals surface area contributed by atoms with Crippen LogP contribution in [0.2, 0.25) is 0 Å². The van der Waals surface area contributed by atoms with Gasteiger partial charge in [0.05, 0.1) is 17.8 Å². The van der Waals surface area contributed by atoms with Crippen LogP contribution in [0.25, 0.3) is 0 Å². The maximum atomic E-state index is 11.8. The molecule has 0 aromatic carbocycles. The molecule has 9 nitrogen and oxygen atoms in total. The number of halogens is 1. The molecule has 0 spiro atoms. The number of nitrogens with two attached hydrogens (primary N) is 1. The lowest BCUT2D eigenvalue weighted by Gasteiger charge is -2.27. The van der Waals surface area contributed by atoms with Gasteiger partial charge in [-0.2, -0.15) is 0 Å². The van der Waals surface area contributed by atoms with E-state index in [0.29, 0.717) is 12.5 Å². The fourth-order valence-corrected chi connectivity index (χ4v) is 1.94. The topological polar surface area (TPSA) is 135 Å². The van der Waals surface area contributed by atoms with E-state index in [1.807, 2.05) is 20.8 Å². The van der Waals surface area contributed by atoms with E-state index in [2.05, 4.69) is 20.9 Å². The van der Waals surface area contributed by atoms with Crippen molar-refractivity contribution in [1.29, 1.82) is 0 Å². The molecule has 0 aliphatic carbocycles. The summed E-state index contributed by atoms with van der Waals surface area (Å²) in [4.78, 5) is 16.2. The molecular weight excluding hydrogens is 461 g/mol. The number of hydrogen-bond donors (Lipinski definition) is 4. The minimum atomic E-state index is -3.53. The number of nitrogens with zero attached hydrogens (tertiary/aromatic N) is 1. The van der Waals surface area contributed by atoms with E-state index in [0.717, 1.165) is 0 Å². The predicted octanol–water partition coefficient (Wildman–Crippen LogP) is 0.751. The van der Waals surface area contributed by atoms with Gasteiger partial charge >= 0.3 is 6.09 Å². The number of amides is 1. The summed E-state index contributed by atoms with van der Waals surface area (Å²) in [6.07, 6.45) is -0.519. The second kappa shape index (κ2) is 11.0. The molecule has 1 amide bonds.